The molecule has 1 amide bonds. The molecule has 2 aromatic rings. The minimum absolute atomic E-state index is 0.00756. The first-order valence-corrected chi connectivity index (χ1v) is 7.50. The Balaban J connectivity index is 1.76. The van der Waals surface area contributed by atoms with E-state index in [4.69, 9.17) is 4.74 Å². The van der Waals surface area contributed by atoms with Gasteiger partial charge >= 0.3 is 0 Å². The number of hydrogen-bond acceptors (Lipinski definition) is 5. The molecular formula is C15H19N5O2. The highest BCUT2D eigenvalue weighted by Crippen LogP contribution is 2.17. The van der Waals surface area contributed by atoms with Crippen molar-refractivity contribution in [1.29, 1.82) is 0 Å². The van der Waals surface area contributed by atoms with Crippen molar-refractivity contribution in [2.24, 2.45) is 0 Å². The second-order valence-corrected chi connectivity index (χ2v) is 5.21. The highest BCUT2D eigenvalue weighted by Gasteiger charge is 2.25. The predicted octanol–water partition coefficient (Wildman–Crippen LogP) is 1.30. The van der Waals surface area contributed by atoms with Crippen LogP contribution in [0.25, 0.3) is 5.82 Å². The molecule has 7 heteroatoms. The number of nitrogens with zero attached hydrogens (tertiary/aromatic N) is 5. The maximum Gasteiger partial charge on any atom is 0.254 e. The van der Waals surface area contributed by atoms with Crippen molar-refractivity contribution in [3.8, 4) is 5.82 Å². The molecular weight excluding hydrogens is 282 g/mol. The van der Waals surface area contributed by atoms with Crippen LogP contribution in [0, 0.1) is 0 Å². The first-order valence-electron chi connectivity index (χ1n) is 7.50. The van der Waals surface area contributed by atoms with Crippen molar-refractivity contribution in [2.45, 2.75) is 25.9 Å². The number of aromatic nitrogens is 4. The molecule has 1 aliphatic heterocycles. The predicted molar refractivity (Wildman–Crippen MR) is 79.7 cm³/mol. The molecule has 116 valence electrons. The fourth-order valence-corrected chi connectivity index (χ4v) is 2.68. The van der Waals surface area contributed by atoms with Crippen molar-refractivity contribution in [1.82, 2.24) is 24.6 Å². The summed E-state index contributed by atoms with van der Waals surface area (Å²) in [4.78, 5) is 22.6. The quantitative estimate of drug-likeness (QED) is 0.851. The van der Waals surface area contributed by atoms with E-state index in [1.807, 2.05) is 11.8 Å². The Labute approximate surface area is 128 Å². The van der Waals surface area contributed by atoms with Gasteiger partial charge in [-0.2, -0.15) is 5.10 Å². The molecule has 0 aromatic carbocycles. The summed E-state index contributed by atoms with van der Waals surface area (Å²) in [6, 6.07) is 3.47. The monoisotopic (exact) mass is 301 g/mol. The van der Waals surface area contributed by atoms with Gasteiger partial charge in [-0.05, 0) is 31.9 Å². The lowest BCUT2D eigenvalue weighted by atomic mass is 10.1. The molecule has 1 atom stereocenters. The molecule has 0 spiro atoms. The van der Waals surface area contributed by atoms with Crippen LogP contribution < -0.4 is 0 Å². The van der Waals surface area contributed by atoms with Gasteiger partial charge < -0.3 is 9.64 Å². The Bertz CT molecular complexity index is 627. The van der Waals surface area contributed by atoms with E-state index in [9.17, 15) is 4.79 Å². The first-order chi connectivity index (χ1) is 10.8. The summed E-state index contributed by atoms with van der Waals surface area (Å²) in [5.74, 6) is 0.592. The molecule has 1 fully saturated rings. The normalized spacial score (nSPS) is 18.4. The SMILES string of the molecule is CCOC1CCCN(C(=O)c2ccnc(-n3cncn3)c2)C1. The highest BCUT2D eigenvalue weighted by atomic mass is 16.5. The lowest BCUT2D eigenvalue weighted by molar-refractivity contribution is 0.00724. The summed E-state index contributed by atoms with van der Waals surface area (Å²) in [5.41, 5.74) is 0.609. The van der Waals surface area contributed by atoms with Crippen molar-refractivity contribution < 1.29 is 9.53 Å². The van der Waals surface area contributed by atoms with Gasteiger partial charge in [0.25, 0.3) is 5.91 Å². The number of ether oxygens (including phenoxy) is 1. The van der Waals surface area contributed by atoms with Crippen LogP contribution in [-0.4, -0.2) is 56.4 Å². The van der Waals surface area contributed by atoms with Crippen LogP contribution in [0.4, 0.5) is 0 Å². The Kier molecular flexibility index (Phi) is 4.43. The maximum absolute atomic E-state index is 12.7. The maximum atomic E-state index is 12.7. The largest absolute Gasteiger partial charge is 0.377 e. The zero-order valence-electron chi connectivity index (χ0n) is 12.6. The van der Waals surface area contributed by atoms with Gasteiger partial charge in [-0.15, -0.1) is 0 Å². The van der Waals surface area contributed by atoms with Crippen molar-refractivity contribution in [2.75, 3.05) is 19.7 Å². The van der Waals surface area contributed by atoms with Gasteiger partial charge in [-0.1, -0.05) is 0 Å². The lowest BCUT2D eigenvalue weighted by Gasteiger charge is -2.32. The topological polar surface area (TPSA) is 73.1 Å². The Morgan fingerprint density at radius 3 is 3.18 bits per heavy atom. The van der Waals surface area contributed by atoms with Crippen LogP contribution in [0.15, 0.2) is 31.0 Å². The van der Waals surface area contributed by atoms with Crippen LogP contribution in [0.5, 0.6) is 0 Å². The highest BCUT2D eigenvalue weighted by molar-refractivity contribution is 5.94. The lowest BCUT2D eigenvalue weighted by Crippen LogP contribution is -2.43. The molecule has 22 heavy (non-hydrogen) atoms. The van der Waals surface area contributed by atoms with Gasteiger partial charge in [0.05, 0.1) is 6.10 Å². The number of rotatable bonds is 4. The van der Waals surface area contributed by atoms with Crippen LogP contribution in [0.1, 0.15) is 30.1 Å². The third kappa shape index (κ3) is 3.14. The number of hydrogen-bond donors (Lipinski definition) is 0. The number of pyridine rings is 1. The average Bonchev–Trinajstić information content (AvgIpc) is 3.09. The summed E-state index contributed by atoms with van der Waals surface area (Å²) < 4.78 is 7.19. The van der Waals surface area contributed by atoms with E-state index in [1.54, 1.807) is 24.7 Å². The number of piperidine rings is 1. The summed E-state index contributed by atoms with van der Waals surface area (Å²) in [6.07, 6.45) is 6.74. The molecule has 0 bridgehead atoms. The van der Waals surface area contributed by atoms with E-state index in [1.165, 1.54) is 11.0 Å². The first kappa shape index (κ1) is 14.6. The van der Waals surface area contributed by atoms with Crippen molar-refractivity contribution >= 4 is 5.91 Å². The van der Waals surface area contributed by atoms with Crippen LogP contribution in [0.2, 0.25) is 0 Å². The van der Waals surface area contributed by atoms with Gasteiger partial charge in [-0.3, -0.25) is 4.79 Å². The van der Waals surface area contributed by atoms with Gasteiger partial charge in [0.15, 0.2) is 5.82 Å². The number of amides is 1. The fraction of sp³-hybridized carbons (Fsp3) is 0.467. The number of carbonyl (C=O) groups is 1. The molecule has 1 aliphatic rings. The molecule has 0 radical (unpaired) electrons. The summed E-state index contributed by atoms with van der Waals surface area (Å²) in [5, 5.41) is 4.03. The van der Waals surface area contributed by atoms with Gasteiger partial charge in [0.1, 0.15) is 12.7 Å². The molecule has 3 heterocycles. The standard InChI is InChI=1S/C15H19N5O2/c1-2-22-13-4-3-7-19(9-13)15(21)12-5-6-17-14(8-12)20-11-16-10-18-20/h5-6,8,10-11,13H,2-4,7,9H2,1H3. The van der Waals surface area contributed by atoms with E-state index in [0.29, 0.717) is 24.5 Å². The van der Waals surface area contributed by atoms with Crippen LogP contribution in [-0.2, 0) is 4.74 Å². The second kappa shape index (κ2) is 6.65. The Morgan fingerprint density at radius 1 is 1.50 bits per heavy atom. The minimum Gasteiger partial charge on any atom is -0.377 e. The third-order valence-corrected chi connectivity index (χ3v) is 3.71. The smallest absolute Gasteiger partial charge is 0.254 e. The Hall–Kier alpha value is -2.28. The van der Waals surface area contributed by atoms with Gasteiger partial charge in [-0.25, -0.2) is 14.6 Å². The summed E-state index contributed by atoms with van der Waals surface area (Å²) in [7, 11) is 0. The molecule has 0 N–H and O–H groups in total. The van der Waals surface area contributed by atoms with Gasteiger partial charge in [0.2, 0.25) is 0 Å². The zero-order valence-corrected chi connectivity index (χ0v) is 12.6. The van der Waals surface area contributed by atoms with E-state index < -0.39 is 0 Å². The third-order valence-electron chi connectivity index (χ3n) is 3.71. The van der Waals surface area contributed by atoms with E-state index in [2.05, 4.69) is 15.1 Å². The molecule has 1 saturated heterocycles. The number of carbonyl (C=O) groups excluding carboxylic acids is 1. The van der Waals surface area contributed by atoms with E-state index in [0.717, 1.165) is 19.4 Å². The van der Waals surface area contributed by atoms with Crippen LogP contribution in [0.3, 0.4) is 0 Å². The van der Waals surface area contributed by atoms with E-state index in [-0.39, 0.29) is 12.0 Å². The number of likely N-dealkylation sites (tertiary alicyclic amines) is 1. The average molecular weight is 301 g/mol. The summed E-state index contributed by atoms with van der Waals surface area (Å²) >= 11 is 0. The fourth-order valence-electron chi connectivity index (χ4n) is 2.68. The zero-order chi connectivity index (χ0) is 15.4. The minimum atomic E-state index is 0.00756. The molecule has 1 unspecified atom stereocenters. The van der Waals surface area contributed by atoms with Gasteiger partial charge in [0, 0.05) is 31.5 Å². The molecule has 0 aliphatic carbocycles. The second-order valence-electron chi connectivity index (χ2n) is 5.21. The van der Waals surface area contributed by atoms with Crippen molar-refractivity contribution in [3.05, 3.63) is 36.5 Å². The van der Waals surface area contributed by atoms with Crippen LogP contribution >= 0.6 is 0 Å². The molecule has 2 aromatic heterocycles. The van der Waals surface area contributed by atoms with E-state index >= 15 is 0 Å². The van der Waals surface area contributed by atoms with Crippen molar-refractivity contribution in [3.63, 3.8) is 0 Å². The summed E-state index contributed by atoms with van der Waals surface area (Å²) in [6.45, 7) is 4.07. The molecule has 0 saturated carbocycles. The Morgan fingerprint density at radius 2 is 2.41 bits per heavy atom. The molecule has 7 nitrogen and oxygen atoms in total. The molecule has 3 rings (SSSR count).